The summed E-state index contributed by atoms with van der Waals surface area (Å²) >= 11 is 0. The third-order valence-corrected chi connectivity index (χ3v) is 1.56. The van der Waals surface area contributed by atoms with Crippen molar-refractivity contribution in [2.45, 2.75) is 0 Å². The number of phenolic OH excluding ortho intramolecular Hbond substituents is 1. The van der Waals surface area contributed by atoms with Gasteiger partial charge in [-0.25, -0.2) is 0 Å². The van der Waals surface area contributed by atoms with Crippen molar-refractivity contribution in [2.75, 3.05) is 0 Å². The van der Waals surface area contributed by atoms with Crippen molar-refractivity contribution in [3.05, 3.63) is 22.2 Å². The predicted molar refractivity (Wildman–Crippen MR) is 38.9 cm³/mol. The van der Waals surface area contributed by atoms with Gasteiger partial charge in [-0.2, -0.15) is 0 Å². The molecule has 0 bridgehead atoms. The van der Waals surface area contributed by atoms with Crippen LogP contribution >= 0.6 is 0 Å². The molecule has 0 saturated heterocycles. The second-order valence-corrected chi connectivity index (χ2v) is 2.26. The number of nitrogens with zero attached hydrogens (tertiary/aromatic N) is 3. The van der Waals surface area contributed by atoms with E-state index in [1.807, 2.05) is 0 Å². The number of rotatable bonds is 1. The second kappa shape index (κ2) is 2.00. The molecule has 2 rings (SSSR count). The molecule has 1 aromatic rings. The van der Waals surface area contributed by atoms with Crippen molar-refractivity contribution in [3.8, 4) is 5.75 Å². The Bertz CT molecular complexity index is 399. The van der Waals surface area contributed by atoms with Gasteiger partial charge in [-0.1, -0.05) is 0 Å². The van der Waals surface area contributed by atoms with Gasteiger partial charge in [-0.15, -0.1) is 10.2 Å². The highest BCUT2D eigenvalue weighted by Gasteiger charge is 2.25. The van der Waals surface area contributed by atoms with Gasteiger partial charge in [-0.3, -0.25) is 10.1 Å². The molecule has 0 aromatic heterocycles. The Balaban J connectivity index is 2.64. The summed E-state index contributed by atoms with van der Waals surface area (Å²) in [6.45, 7) is 0. The number of phenols is 1. The zero-order valence-electron chi connectivity index (χ0n) is 5.76. The molecule has 1 heterocycles. The first kappa shape index (κ1) is 6.71. The maximum Gasteiger partial charge on any atom is 0.299 e. The molecular weight excluding hydrogens is 162 g/mol. The van der Waals surface area contributed by atoms with Crippen LogP contribution in [0.4, 0.5) is 17.1 Å². The highest BCUT2D eigenvalue weighted by molar-refractivity contribution is 5.81. The van der Waals surface area contributed by atoms with Crippen LogP contribution in [-0.2, 0) is 0 Å². The van der Waals surface area contributed by atoms with Gasteiger partial charge in [0.25, 0.3) is 5.69 Å². The Morgan fingerprint density at radius 1 is 1.33 bits per heavy atom. The molecule has 0 spiro atoms. The molecule has 6 heteroatoms. The van der Waals surface area contributed by atoms with Gasteiger partial charge in [0.1, 0.15) is 5.75 Å². The topological polar surface area (TPSA) is 88.1 Å². The van der Waals surface area contributed by atoms with Crippen LogP contribution in [0.1, 0.15) is 0 Å². The van der Waals surface area contributed by atoms with Gasteiger partial charge in [0.05, 0.1) is 4.92 Å². The van der Waals surface area contributed by atoms with Crippen LogP contribution in [0.25, 0.3) is 0 Å². The average molecular weight is 165 g/mol. The number of nitro benzene ring substituents is 1. The van der Waals surface area contributed by atoms with Crippen molar-refractivity contribution >= 4 is 17.1 Å². The summed E-state index contributed by atoms with van der Waals surface area (Å²) in [4.78, 5) is 9.78. The molecule has 0 aliphatic carbocycles. The van der Waals surface area contributed by atoms with Crippen LogP contribution < -0.4 is 0 Å². The SMILES string of the molecule is O=[N+]([O-])c1ccc(O)c2c1N=N2. The number of azo groups is 1. The first-order valence-corrected chi connectivity index (χ1v) is 3.12. The summed E-state index contributed by atoms with van der Waals surface area (Å²) < 4.78 is 0. The van der Waals surface area contributed by atoms with Crippen molar-refractivity contribution in [2.24, 2.45) is 10.2 Å². The molecule has 1 aliphatic heterocycles. The zero-order valence-corrected chi connectivity index (χ0v) is 5.76. The summed E-state index contributed by atoms with van der Waals surface area (Å²) in [7, 11) is 0. The molecule has 60 valence electrons. The fourth-order valence-corrected chi connectivity index (χ4v) is 0.958. The Morgan fingerprint density at radius 3 is 2.50 bits per heavy atom. The normalized spacial score (nSPS) is 12.0. The van der Waals surface area contributed by atoms with Gasteiger partial charge in [-0.05, 0) is 6.07 Å². The molecule has 0 amide bonds. The minimum absolute atomic E-state index is 0.0781. The standard InChI is InChI=1S/C6H3N3O3/c10-4-2-1-3(9(11)12)5-6(4)8-7-5/h1-2,10H. The fourth-order valence-electron chi connectivity index (χ4n) is 0.958. The first-order valence-electron chi connectivity index (χ1n) is 3.12. The van der Waals surface area contributed by atoms with E-state index in [1.165, 1.54) is 12.1 Å². The largest absolute Gasteiger partial charge is 0.506 e. The van der Waals surface area contributed by atoms with Crippen molar-refractivity contribution in [3.63, 3.8) is 0 Å². The number of benzene rings is 1. The van der Waals surface area contributed by atoms with Crippen LogP contribution in [-0.4, -0.2) is 10.0 Å². The molecule has 0 radical (unpaired) electrons. The Labute approximate surface area is 66.3 Å². The van der Waals surface area contributed by atoms with Crippen molar-refractivity contribution in [1.29, 1.82) is 0 Å². The number of aromatic hydroxyl groups is 1. The molecule has 0 fully saturated rings. The number of nitro groups is 1. The van der Waals surface area contributed by atoms with E-state index in [0.29, 0.717) is 0 Å². The zero-order chi connectivity index (χ0) is 8.72. The molecule has 1 aliphatic rings. The van der Waals surface area contributed by atoms with Gasteiger partial charge >= 0.3 is 0 Å². The Morgan fingerprint density at radius 2 is 2.00 bits per heavy atom. The van der Waals surface area contributed by atoms with E-state index in [4.69, 9.17) is 5.11 Å². The Kier molecular flexibility index (Phi) is 1.12. The summed E-state index contributed by atoms with van der Waals surface area (Å²) in [6.07, 6.45) is 0. The number of hydrogen-bond acceptors (Lipinski definition) is 5. The highest BCUT2D eigenvalue weighted by atomic mass is 16.6. The van der Waals surface area contributed by atoms with E-state index in [2.05, 4.69) is 10.2 Å². The summed E-state index contributed by atoms with van der Waals surface area (Å²) in [5.41, 5.74) is 0.224. The van der Waals surface area contributed by atoms with Crippen molar-refractivity contribution < 1.29 is 10.0 Å². The van der Waals surface area contributed by atoms with Gasteiger partial charge in [0.15, 0.2) is 11.4 Å². The fraction of sp³-hybridized carbons (Fsp3) is 0. The molecule has 0 saturated carbocycles. The van der Waals surface area contributed by atoms with Crippen molar-refractivity contribution in [1.82, 2.24) is 0 Å². The summed E-state index contributed by atoms with van der Waals surface area (Å²) in [5, 5.41) is 26.3. The van der Waals surface area contributed by atoms with E-state index in [1.54, 1.807) is 0 Å². The third kappa shape index (κ3) is 0.685. The summed E-state index contributed by atoms with van der Waals surface area (Å²) in [5.74, 6) is -0.0781. The monoisotopic (exact) mass is 165 g/mol. The van der Waals surface area contributed by atoms with Crippen LogP contribution in [0.5, 0.6) is 5.75 Å². The maximum absolute atomic E-state index is 10.3. The van der Waals surface area contributed by atoms with Crippen LogP contribution in [0.15, 0.2) is 22.4 Å². The van der Waals surface area contributed by atoms with E-state index >= 15 is 0 Å². The van der Waals surface area contributed by atoms with E-state index < -0.39 is 4.92 Å². The van der Waals surface area contributed by atoms with Crippen LogP contribution in [0, 0.1) is 10.1 Å². The second-order valence-electron chi connectivity index (χ2n) is 2.26. The van der Waals surface area contributed by atoms with E-state index in [9.17, 15) is 10.1 Å². The number of hydrogen-bond donors (Lipinski definition) is 1. The lowest BCUT2D eigenvalue weighted by Gasteiger charge is -2.07. The van der Waals surface area contributed by atoms with Gasteiger partial charge in [0, 0.05) is 6.07 Å². The number of fused-ring (bicyclic) bond motifs is 1. The Hall–Kier alpha value is -1.98. The lowest BCUT2D eigenvalue weighted by molar-refractivity contribution is -0.384. The van der Waals surface area contributed by atoms with Gasteiger partial charge in [0.2, 0.25) is 0 Å². The molecular formula is C6H3N3O3. The lowest BCUT2D eigenvalue weighted by atomic mass is 10.2. The molecule has 12 heavy (non-hydrogen) atoms. The smallest absolute Gasteiger partial charge is 0.299 e. The first-order chi connectivity index (χ1) is 5.70. The highest BCUT2D eigenvalue weighted by Crippen LogP contribution is 2.49. The van der Waals surface area contributed by atoms with E-state index in [-0.39, 0.29) is 22.8 Å². The minimum atomic E-state index is -0.559. The third-order valence-electron chi connectivity index (χ3n) is 1.56. The maximum atomic E-state index is 10.3. The van der Waals surface area contributed by atoms with Gasteiger partial charge < -0.3 is 5.11 Å². The lowest BCUT2D eigenvalue weighted by Crippen LogP contribution is -1.90. The predicted octanol–water partition coefficient (Wildman–Crippen LogP) is 2.03. The molecule has 1 aromatic carbocycles. The molecule has 0 atom stereocenters. The summed E-state index contributed by atoms with van der Waals surface area (Å²) in [6, 6.07) is 2.43. The quantitative estimate of drug-likeness (QED) is 0.517. The molecule has 1 N–H and O–H groups in total. The molecule has 6 nitrogen and oxygen atoms in total. The minimum Gasteiger partial charge on any atom is -0.506 e. The van der Waals surface area contributed by atoms with Crippen LogP contribution in [0.2, 0.25) is 0 Å². The van der Waals surface area contributed by atoms with Crippen LogP contribution in [0.3, 0.4) is 0 Å². The molecule has 0 unspecified atom stereocenters. The average Bonchev–Trinajstić information content (AvgIpc) is 1.92. The van der Waals surface area contributed by atoms with E-state index in [0.717, 1.165) is 0 Å².